The van der Waals surface area contributed by atoms with Gasteiger partial charge in [-0.15, -0.1) is 6.58 Å². The molecule has 5 heteroatoms. The van der Waals surface area contributed by atoms with Gasteiger partial charge in [-0.3, -0.25) is 9.59 Å². The molecule has 0 spiro atoms. The zero-order valence-corrected chi connectivity index (χ0v) is 19.7. The molecule has 6 unspecified atom stereocenters. The number of fused-ring (bicyclic) bond motifs is 3. The summed E-state index contributed by atoms with van der Waals surface area (Å²) in [4.78, 5) is 24.5. The molecule has 0 aromatic heterocycles. The van der Waals surface area contributed by atoms with E-state index in [-0.39, 0.29) is 41.5 Å². The predicted molar refractivity (Wildman–Crippen MR) is 116 cm³/mol. The van der Waals surface area contributed by atoms with Gasteiger partial charge in [0.2, 0.25) is 0 Å². The Morgan fingerprint density at radius 2 is 1.80 bits per heavy atom. The summed E-state index contributed by atoms with van der Waals surface area (Å²) in [6.07, 6.45) is 7.41. The number of rotatable bonds is 5. The molecule has 1 saturated heterocycles. The van der Waals surface area contributed by atoms with Crippen LogP contribution in [0.3, 0.4) is 0 Å². The number of esters is 2. The maximum absolute atomic E-state index is 12.7. The van der Waals surface area contributed by atoms with Gasteiger partial charge < -0.3 is 14.2 Å². The SMILES string of the molecule is C=CC1(C)CCC2C(C)(CC(OC(=O)CC(=O)OCC)C3C(C)(C)CCCC32C)O1. The second-order valence-corrected chi connectivity index (χ2v) is 11.1. The van der Waals surface area contributed by atoms with Gasteiger partial charge in [-0.2, -0.15) is 0 Å². The van der Waals surface area contributed by atoms with Gasteiger partial charge in [-0.1, -0.05) is 33.3 Å². The lowest BCUT2D eigenvalue weighted by atomic mass is 9.43. The molecule has 1 heterocycles. The fraction of sp³-hybridized carbons (Fsp3) is 0.840. The van der Waals surface area contributed by atoms with Gasteiger partial charge in [0.15, 0.2) is 0 Å². The molecule has 3 fully saturated rings. The largest absolute Gasteiger partial charge is 0.466 e. The Morgan fingerprint density at radius 1 is 1.10 bits per heavy atom. The van der Waals surface area contributed by atoms with Crippen LogP contribution in [0.25, 0.3) is 0 Å². The summed E-state index contributed by atoms with van der Waals surface area (Å²) in [5.41, 5.74) is -0.679. The summed E-state index contributed by atoms with van der Waals surface area (Å²) in [5.74, 6) is -0.380. The van der Waals surface area contributed by atoms with Gasteiger partial charge in [0.25, 0.3) is 0 Å². The lowest BCUT2D eigenvalue weighted by molar-refractivity contribution is -0.279. The van der Waals surface area contributed by atoms with Crippen molar-refractivity contribution in [2.75, 3.05) is 6.61 Å². The van der Waals surface area contributed by atoms with Gasteiger partial charge >= 0.3 is 11.9 Å². The molecule has 170 valence electrons. The monoisotopic (exact) mass is 420 g/mol. The molecule has 2 saturated carbocycles. The summed E-state index contributed by atoms with van der Waals surface area (Å²) < 4.78 is 17.7. The first-order valence-electron chi connectivity index (χ1n) is 11.6. The van der Waals surface area contributed by atoms with Crippen LogP contribution in [0.1, 0.15) is 86.5 Å². The smallest absolute Gasteiger partial charge is 0.317 e. The minimum absolute atomic E-state index is 0.0200. The van der Waals surface area contributed by atoms with Gasteiger partial charge in [0.05, 0.1) is 17.8 Å². The van der Waals surface area contributed by atoms with Crippen molar-refractivity contribution < 1.29 is 23.8 Å². The number of hydrogen-bond donors (Lipinski definition) is 0. The number of hydrogen-bond acceptors (Lipinski definition) is 5. The first-order valence-corrected chi connectivity index (χ1v) is 11.6. The van der Waals surface area contributed by atoms with Crippen LogP contribution in [0.15, 0.2) is 12.7 Å². The lowest BCUT2D eigenvalue weighted by Gasteiger charge is -2.66. The molecule has 1 aliphatic heterocycles. The van der Waals surface area contributed by atoms with E-state index >= 15 is 0 Å². The Kier molecular flexibility index (Phi) is 6.18. The molecule has 0 bridgehead atoms. The summed E-state index contributed by atoms with van der Waals surface area (Å²) in [7, 11) is 0. The number of carbonyl (C=O) groups excluding carboxylic acids is 2. The van der Waals surface area contributed by atoms with Crippen LogP contribution in [-0.4, -0.2) is 35.9 Å². The highest BCUT2D eigenvalue weighted by Crippen LogP contribution is 2.66. The second kappa shape index (κ2) is 7.96. The third kappa shape index (κ3) is 4.06. The quantitative estimate of drug-likeness (QED) is 0.347. The van der Waals surface area contributed by atoms with Crippen molar-refractivity contribution in [1.29, 1.82) is 0 Å². The van der Waals surface area contributed by atoms with Crippen molar-refractivity contribution in [3.8, 4) is 0 Å². The summed E-state index contributed by atoms with van der Waals surface area (Å²) in [6, 6.07) is 0. The third-order valence-corrected chi connectivity index (χ3v) is 8.30. The fourth-order valence-electron chi connectivity index (χ4n) is 7.36. The van der Waals surface area contributed by atoms with E-state index in [0.717, 1.165) is 25.7 Å². The van der Waals surface area contributed by atoms with Crippen LogP contribution in [0.2, 0.25) is 0 Å². The highest BCUT2D eigenvalue weighted by atomic mass is 16.6. The predicted octanol–water partition coefficient (Wildman–Crippen LogP) is 5.22. The maximum Gasteiger partial charge on any atom is 0.317 e. The van der Waals surface area contributed by atoms with Gasteiger partial charge in [-0.05, 0) is 63.2 Å². The van der Waals surface area contributed by atoms with E-state index in [0.29, 0.717) is 12.3 Å². The van der Waals surface area contributed by atoms with E-state index in [1.54, 1.807) is 6.92 Å². The molecule has 6 atom stereocenters. The van der Waals surface area contributed by atoms with E-state index in [9.17, 15) is 9.59 Å². The number of ether oxygens (including phenoxy) is 3. The van der Waals surface area contributed by atoms with Crippen molar-refractivity contribution in [3.63, 3.8) is 0 Å². The second-order valence-electron chi connectivity index (χ2n) is 11.1. The first kappa shape index (κ1) is 23.3. The third-order valence-electron chi connectivity index (χ3n) is 8.30. The maximum atomic E-state index is 12.7. The minimum atomic E-state index is -0.527. The van der Waals surface area contributed by atoms with Crippen molar-refractivity contribution in [1.82, 2.24) is 0 Å². The van der Waals surface area contributed by atoms with Crippen LogP contribution in [0.5, 0.6) is 0 Å². The zero-order chi connectivity index (χ0) is 22.4. The normalized spacial score (nSPS) is 42.4. The molecule has 0 N–H and O–H groups in total. The standard InChI is InChI=1S/C25H40O5/c1-8-23(5)14-11-18-24(6)13-10-12-22(3,4)21(24)17(16-25(18,7)30-23)29-20(27)15-19(26)28-9-2/h8,17-18,21H,1,9-16H2,2-7H3. The Morgan fingerprint density at radius 3 is 2.43 bits per heavy atom. The Balaban J connectivity index is 1.93. The Hall–Kier alpha value is -1.36. The van der Waals surface area contributed by atoms with Gasteiger partial charge in [0.1, 0.15) is 12.5 Å². The van der Waals surface area contributed by atoms with Crippen LogP contribution < -0.4 is 0 Å². The van der Waals surface area contributed by atoms with Crippen LogP contribution in [0, 0.1) is 22.7 Å². The molecular formula is C25H40O5. The van der Waals surface area contributed by atoms with E-state index in [2.05, 4.69) is 41.2 Å². The van der Waals surface area contributed by atoms with E-state index in [4.69, 9.17) is 14.2 Å². The van der Waals surface area contributed by atoms with Crippen LogP contribution in [0.4, 0.5) is 0 Å². The van der Waals surface area contributed by atoms with Crippen LogP contribution in [-0.2, 0) is 23.8 Å². The molecule has 0 aromatic carbocycles. The zero-order valence-electron chi connectivity index (χ0n) is 19.7. The van der Waals surface area contributed by atoms with E-state index in [1.165, 1.54) is 6.42 Å². The van der Waals surface area contributed by atoms with Crippen LogP contribution >= 0.6 is 0 Å². The first-order chi connectivity index (χ1) is 13.9. The Labute approximate surface area is 181 Å². The average molecular weight is 421 g/mol. The Bertz CT molecular complexity index is 700. The van der Waals surface area contributed by atoms with Gasteiger partial charge in [0, 0.05) is 12.3 Å². The average Bonchev–Trinajstić information content (AvgIpc) is 2.59. The molecule has 0 radical (unpaired) electrons. The summed E-state index contributed by atoms with van der Waals surface area (Å²) >= 11 is 0. The fourth-order valence-corrected chi connectivity index (χ4v) is 7.36. The summed E-state index contributed by atoms with van der Waals surface area (Å²) in [6.45, 7) is 17.3. The highest BCUT2D eigenvalue weighted by Gasteiger charge is 2.65. The van der Waals surface area contributed by atoms with E-state index in [1.807, 2.05) is 6.08 Å². The van der Waals surface area contributed by atoms with Crippen molar-refractivity contribution in [3.05, 3.63) is 12.7 Å². The molecule has 3 rings (SSSR count). The highest BCUT2D eigenvalue weighted by molar-refractivity contribution is 5.91. The lowest BCUT2D eigenvalue weighted by Crippen LogP contribution is -2.67. The molecule has 0 amide bonds. The van der Waals surface area contributed by atoms with Gasteiger partial charge in [-0.25, -0.2) is 0 Å². The molecule has 3 aliphatic rings. The molecular weight excluding hydrogens is 380 g/mol. The topological polar surface area (TPSA) is 61.8 Å². The molecule has 2 aliphatic carbocycles. The minimum Gasteiger partial charge on any atom is -0.466 e. The molecule has 30 heavy (non-hydrogen) atoms. The van der Waals surface area contributed by atoms with Crippen molar-refractivity contribution in [2.45, 2.75) is 104 Å². The molecule has 5 nitrogen and oxygen atoms in total. The van der Waals surface area contributed by atoms with Crippen molar-refractivity contribution in [2.24, 2.45) is 22.7 Å². The van der Waals surface area contributed by atoms with E-state index < -0.39 is 17.5 Å². The molecule has 0 aromatic rings. The number of carbonyl (C=O) groups is 2. The summed E-state index contributed by atoms with van der Waals surface area (Å²) in [5, 5.41) is 0. The van der Waals surface area contributed by atoms with Crippen molar-refractivity contribution >= 4 is 11.9 Å².